The Labute approximate surface area is 85.6 Å². The zero-order valence-corrected chi connectivity index (χ0v) is 8.55. The van der Waals surface area contributed by atoms with Crippen molar-refractivity contribution in [1.82, 2.24) is 0 Å². The van der Waals surface area contributed by atoms with Gasteiger partial charge in [-0.25, -0.2) is 0 Å². The van der Waals surface area contributed by atoms with Gasteiger partial charge in [0.25, 0.3) is 0 Å². The predicted octanol–water partition coefficient (Wildman–Crippen LogP) is 3.96. The minimum Gasteiger partial charge on any atom is -0.0620 e. The Morgan fingerprint density at radius 3 is 2.71 bits per heavy atom. The number of hydrogen-bond acceptors (Lipinski definition) is 0. The third-order valence-electron chi connectivity index (χ3n) is 3.58. The first kappa shape index (κ1) is 8.28. The summed E-state index contributed by atoms with van der Waals surface area (Å²) in [7, 11) is 0. The molecule has 0 N–H and O–H groups in total. The van der Waals surface area contributed by atoms with Gasteiger partial charge in [0.2, 0.25) is 0 Å². The Bertz CT molecular complexity index is 385. The van der Waals surface area contributed by atoms with Gasteiger partial charge in [0, 0.05) is 0 Å². The molecular formula is C14H16. The number of fused-ring (bicyclic) bond motifs is 2. The average Bonchev–Trinajstić information content (AvgIpc) is 2.42. The predicted molar refractivity (Wildman–Crippen MR) is 60.2 cm³/mol. The molecule has 0 atom stereocenters. The Morgan fingerprint density at radius 1 is 0.857 bits per heavy atom. The number of hydrogen-bond donors (Lipinski definition) is 0. The van der Waals surface area contributed by atoms with Crippen LogP contribution in [-0.2, 0) is 6.42 Å². The molecule has 0 amide bonds. The number of benzene rings is 1. The lowest BCUT2D eigenvalue weighted by molar-refractivity contribution is 0.706. The van der Waals surface area contributed by atoms with E-state index in [1.807, 2.05) is 0 Å². The maximum Gasteiger partial charge on any atom is -0.00550 e. The van der Waals surface area contributed by atoms with Gasteiger partial charge in [-0.15, -0.1) is 0 Å². The lowest BCUT2D eigenvalue weighted by atomic mass is 10.0. The molecule has 2 aliphatic carbocycles. The van der Waals surface area contributed by atoms with Crippen molar-refractivity contribution >= 4 is 5.57 Å². The summed E-state index contributed by atoms with van der Waals surface area (Å²) in [6.07, 6.45) is 8.15. The molecule has 0 aliphatic heterocycles. The smallest absolute Gasteiger partial charge is 0.00550 e. The van der Waals surface area contributed by atoms with Crippen molar-refractivity contribution in [2.24, 2.45) is 0 Å². The van der Waals surface area contributed by atoms with Crippen LogP contribution in [-0.4, -0.2) is 0 Å². The first-order chi connectivity index (χ1) is 6.95. The molecule has 0 spiro atoms. The van der Waals surface area contributed by atoms with E-state index in [9.17, 15) is 0 Å². The van der Waals surface area contributed by atoms with Gasteiger partial charge >= 0.3 is 0 Å². The van der Waals surface area contributed by atoms with Crippen LogP contribution in [0.15, 0.2) is 29.8 Å². The van der Waals surface area contributed by atoms with Crippen LogP contribution < -0.4 is 0 Å². The maximum absolute atomic E-state index is 2.31. The van der Waals surface area contributed by atoms with Gasteiger partial charge < -0.3 is 0 Å². The van der Waals surface area contributed by atoms with E-state index < -0.39 is 0 Å². The molecule has 72 valence electrons. The highest BCUT2D eigenvalue weighted by Gasteiger charge is 2.21. The van der Waals surface area contributed by atoms with E-state index in [0.717, 1.165) is 0 Å². The summed E-state index contributed by atoms with van der Waals surface area (Å²) in [4.78, 5) is 0. The van der Waals surface area contributed by atoms with Gasteiger partial charge in [0.05, 0.1) is 0 Å². The molecule has 0 unspecified atom stereocenters. The first-order valence-electron chi connectivity index (χ1n) is 5.74. The molecule has 0 heteroatoms. The molecule has 0 heterocycles. The number of rotatable bonds is 0. The summed E-state index contributed by atoms with van der Waals surface area (Å²) in [5.74, 6) is 0. The average molecular weight is 184 g/mol. The second-order valence-electron chi connectivity index (χ2n) is 4.48. The highest BCUT2D eigenvalue weighted by atomic mass is 14.3. The largest absolute Gasteiger partial charge is 0.0620 e. The highest BCUT2D eigenvalue weighted by molar-refractivity contribution is 5.76. The van der Waals surface area contributed by atoms with Gasteiger partial charge in [-0.1, -0.05) is 36.3 Å². The van der Waals surface area contributed by atoms with E-state index in [1.54, 1.807) is 22.3 Å². The molecule has 3 rings (SSSR count). The fourth-order valence-electron chi connectivity index (χ4n) is 2.86. The molecule has 0 saturated carbocycles. The molecule has 1 aromatic carbocycles. The highest BCUT2D eigenvalue weighted by Crippen LogP contribution is 2.40. The molecule has 0 aromatic heterocycles. The third-order valence-corrected chi connectivity index (χ3v) is 3.58. The van der Waals surface area contributed by atoms with Gasteiger partial charge in [-0.2, -0.15) is 0 Å². The summed E-state index contributed by atoms with van der Waals surface area (Å²) in [5, 5.41) is 0. The van der Waals surface area contributed by atoms with E-state index in [0.29, 0.717) is 0 Å². The van der Waals surface area contributed by atoms with Gasteiger partial charge in [-0.3, -0.25) is 0 Å². The maximum atomic E-state index is 2.31. The normalized spacial score (nSPS) is 20.3. The number of allylic oxidation sites excluding steroid dienone is 2. The quantitative estimate of drug-likeness (QED) is 0.572. The van der Waals surface area contributed by atoms with Crippen molar-refractivity contribution in [2.75, 3.05) is 0 Å². The molecular weight excluding hydrogens is 168 g/mol. The monoisotopic (exact) mass is 184 g/mol. The van der Waals surface area contributed by atoms with Gasteiger partial charge in [-0.05, 0) is 48.8 Å². The van der Waals surface area contributed by atoms with Crippen molar-refractivity contribution in [3.8, 4) is 0 Å². The van der Waals surface area contributed by atoms with Crippen LogP contribution in [0.2, 0.25) is 0 Å². The Balaban J connectivity index is 2.05. The molecule has 1 aromatic rings. The first-order valence-corrected chi connectivity index (χ1v) is 5.74. The fourth-order valence-corrected chi connectivity index (χ4v) is 2.86. The Morgan fingerprint density at radius 2 is 1.71 bits per heavy atom. The summed E-state index contributed by atoms with van der Waals surface area (Å²) in [6, 6.07) is 8.96. The molecule has 14 heavy (non-hydrogen) atoms. The van der Waals surface area contributed by atoms with E-state index in [4.69, 9.17) is 0 Å². The van der Waals surface area contributed by atoms with Crippen LogP contribution in [0.5, 0.6) is 0 Å². The van der Waals surface area contributed by atoms with E-state index >= 15 is 0 Å². The summed E-state index contributed by atoms with van der Waals surface area (Å²) in [6.45, 7) is 0. The van der Waals surface area contributed by atoms with Crippen LogP contribution in [0.1, 0.15) is 43.2 Å². The topological polar surface area (TPSA) is 0 Å². The van der Waals surface area contributed by atoms with Crippen molar-refractivity contribution in [1.29, 1.82) is 0 Å². The van der Waals surface area contributed by atoms with Crippen LogP contribution >= 0.6 is 0 Å². The molecule has 0 nitrogen and oxygen atoms in total. The van der Waals surface area contributed by atoms with Crippen LogP contribution in [0.25, 0.3) is 5.57 Å². The van der Waals surface area contributed by atoms with Crippen LogP contribution in [0.3, 0.4) is 0 Å². The molecule has 0 bridgehead atoms. The third kappa shape index (κ3) is 1.21. The van der Waals surface area contributed by atoms with Crippen molar-refractivity contribution in [2.45, 2.75) is 38.5 Å². The fraction of sp³-hybridized carbons (Fsp3) is 0.429. The molecule has 2 aliphatic rings. The Kier molecular flexibility index (Phi) is 1.93. The standard InChI is InChI=1S/C14H16/c1-2-6-11-10-12-7-4-5-9-14(12)13(11)8-3-1/h4-5,7,9H,1-3,6,8,10H2. The molecule has 0 fully saturated rings. The second-order valence-corrected chi connectivity index (χ2v) is 4.48. The minimum absolute atomic E-state index is 1.24. The van der Waals surface area contributed by atoms with Gasteiger partial charge in [0.1, 0.15) is 0 Å². The lowest BCUT2D eigenvalue weighted by Gasteiger charge is -2.03. The molecule has 0 saturated heterocycles. The second kappa shape index (κ2) is 3.27. The summed E-state index contributed by atoms with van der Waals surface area (Å²) >= 11 is 0. The van der Waals surface area contributed by atoms with Crippen molar-refractivity contribution in [3.63, 3.8) is 0 Å². The van der Waals surface area contributed by atoms with E-state index in [1.165, 1.54) is 38.5 Å². The van der Waals surface area contributed by atoms with Crippen LogP contribution in [0.4, 0.5) is 0 Å². The zero-order chi connectivity index (χ0) is 9.38. The van der Waals surface area contributed by atoms with Crippen molar-refractivity contribution < 1.29 is 0 Å². The molecule has 0 radical (unpaired) electrons. The summed E-state index contributed by atoms with van der Waals surface area (Å²) in [5.41, 5.74) is 6.56. The Hall–Kier alpha value is -1.04. The van der Waals surface area contributed by atoms with E-state index in [-0.39, 0.29) is 0 Å². The zero-order valence-electron chi connectivity index (χ0n) is 8.55. The van der Waals surface area contributed by atoms with Gasteiger partial charge in [0.15, 0.2) is 0 Å². The summed E-state index contributed by atoms with van der Waals surface area (Å²) < 4.78 is 0. The van der Waals surface area contributed by atoms with Crippen LogP contribution in [0, 0.1) is 0 Å². The van der Waals surface area contributed by atoms with Crippen molar-refractivity contribution in [3.05, 3.63) is 41.0 Å². The van der Waals surface area contributed by atoms with E-state index in [2.05, 4.69) is 24.3 Å². The SMILES string of the molecule is c1ccc2c(c1)CC1=C2CCCCC1. The minimum atomic E-state index is 1.24. The lowest BCUT2D eigenvalue weighted by Crippen LogP contribution is -1.85.